The van der Waals surface area contributed by atoms with Crippen molar-refractivity contribution < 1.29 is 33.3 Å². The number of rotatable bonds is 24. The van der Waals surface area contributed by atoms with Crippen LogP contribution in [0.5, 0.6) is 0 Å². The van der Waals surface area contributed by atoms with Crippen LogP contribution in [0.25, 0.3) is 0 Å². The molecule has 1 saturated heterocycles. The van der Waals surface area contributed by atoms with Crippen molar-refractivity contribution >= 4 is 47.4 Å². The van der Waals surface area contributed by atoms with Crippen LogP contribution in [0.1, 0.15) is 47.1 Å². The molecule has 0 bridgehead atoms. The number of carbonyl (C=O) groups excluding carboxylic acids is 2. The maximum absolute atomic E-state index is 14.5. The van der Waals surface area contributed by atoms with Gasteiger partial charge >= 0.3 is 0 Å². The van der Waals surface area contributed by atoms with Crippen LogP contribution in [0.3, 0.4) is 0 Å². The van der Waals surface area contributed by atoms with Crippen LogP contribution in [-0.4, -0.2) is 121 Å². The third-order valence-corrected chi connectivity index (χ3v) is 9.42. The first-order valence-corrected chi connectivity index (χ1v) is 18.8. The highest BCUT2D eigenvalue weighted by molar-refractivity contribution is 6.30. The van der Waals surface area contributed by atoms with Crippen LogP contribution in [0, 0.1) is 0 Å². The minimum Gasteiger partial charge on any atom is -0.382 e. The van der Waals surface area contributed by atoms with Gasteiger partial charge in [0.2, 0.25) is 11.8 Å². The molecular formula is C40H54Cl3N3O7. The van der Waals surface area contributed by atoms with E-state index in [1.807, 2.05) is 78.7 Å². The van der Waals surface area contributed by atoms with Gasteiger partial charge in [-0.05, 0) is 72.5 Å². The van der Waals surface area contributed by atoms with Crippen LogP contribution < -0.4 is 5.32 Å². The zero-order chi connectivity index (χ0) is 37.0. The van der Waals surface area contributed by atoms with Crippen LogP contribution in [0.4, 0.5) is 0 Å². The van der Waals surface area contributed by atoms with E-state index in [2.05, 4.69) is 16.3 Å². The number of amides is 2. The number of halogens is 3. The Kier molecular flexibility index (Phi) is 21.3. The SMILES string of the molecule is COCCOCCOCCOCCOCCNC(=O)Cc1cccc([C@@H](CN2CCCC2)N(C)C(=O)C(c2ccc(Cl)cc2)c2ccc(Cl)cc2)c1.Cl. The van der Waals surface area contributed by atoms with Crippen molar-refractivity contribution in [3.05, 3.63) is 105 Å². The summed E-state index contributed by atoms with van der Waals surface area (Å²) in [6, 6.07) is 22.7. The van der Waals surface area contributed by atoms with Gasteiger partial charge in [0.05, 0.1) is 77.8 Å². The van der Waals surface area contributed by atoms with Gasteiger partial charge in [-0.1, -0.05) is 71.7 Å². The lowest BCUT2D eigenvalue weighted by Gasteiger charge is -2.35. The second kappa shape index (κ2) is 25.3. The lowest BCUT2D eigenvalue weighted by Crippen LogP contribution is -2.41. The molecule has 1 atom stereocenters. The molecule has 1 aliphatic rings. The first kappa shape index (κ1) is 44.6. The number of ether oxygens (including phenoxy) is 5. The van der Waals surface area contributed by atoms with Gasteiger partial charge in [0, 0.05) is 37.3 Å². The summed E-state index contributed by atoms with van der Waals surface area (Å²) in [6.07, 6.45) is 2.50. The average Bonchev–Trinajstić information content (AvgIpc) is 3.67. The van der Waals surface area contributed by atoms with Gasteiger partial charge in [-0.2, -0.15) is 0 Å². The number of nitrogens with one attached hydrogen (secondary N) is 1. The summed E-state index contributed by atoms with van der Waals surface area (Å²) in [4.78, 5) is 31.7. The molecule has 0 radical (unpaired) electrons. The van der Waals surface area contributed by atoms with Crippen molar-refractivity contribution in [2.45, 2.75) is 31.2 Å². The molecule has 2 amide bonds. The number of hydrogen-bond acceptors (Lipinski definition) is 8. The highest BCUT2D eigenvalue weighted by atomic mass is 35.5. The Hall–Kier alpha value is -2.77. The van der Waals surface area contributed by atoms with Crippen molar-refractivity contribution in [1.29, 1.82) is 0 Å². The Balaban J connectivity index is 0.00000756. The predicted molar refractivity (Wildman–Crippen MR) is 211 cm³/mol. The van der Waals surface area contributed by atoms with E-state index < -0.39 is 5.92 Å². The molecule has 53 heavy (non-hydrogen) atoms. The van der Waals surface area contributed by atoms with Gasteiger partial charge in [0.15, 0.2) is 0 Å². The number of nitrogens with zero attached hydrogens (tertiary/aromatic N) is 2. The van der Waals surface area contributed by atoms with Gasteiger partial charge in [0.1, 0.15) is 0 Å². The Morgan fingerprint density at radius 2 is 1.25 bits per heavy atom. The molecule has 3 aromatic carbocycles. The fourth-order valence-electron chi connectivity index (χ4n) is 6.13. The quantitative estimate of drug-likeness (QED) is 0.107. The normalized spacial score (nSPS) is 13.5. The number of likely N-dealkylation sites (N-methyl/N-ethyl adjacent to an activating group) is 1. The smallest absolute Gasteiger partial charge is 0.234 e. The van der Waals surface area contributed by atoms with E-state index in [4.69, 9.17) is 46.9 Å². The maximum Gasteiger partial charge on any atom is 0.234 e. The molecule has 0 aromatic heterocycles. The number of benzene rings is 3. The molecule has 10 nitrogen and oxygen atoms in total. The summed E-state index contributed by atoms with van der Waals surface area (Å²) >= 11 is 12.4. The second-order valence-electron chi connectivity index (χ2n) is 12.7. The highest BCUT2D eigenvalue weighted by Crippen LogP contribution is 2.33. The summed E-state index contributed by atoms with van der Waals surface area (Å²) < 4.78 is 26.8. The Labute approximate surface area is 330 Å². The number of carbonyl (C=O) groups is 2. The van der Waals surface area contributed by atoms with Gasteiger partial charge in [-0.15, -0.1) is 12.4 Å². The van der Waals surface area contributed by atoms with Crippen molar-refractivity contribution in [3.63, 3.8) is 0 Å². The topological polar surface area (TPSA) is 98.8 Å². The molecule has 0 aliphatic carbocycles. The molecule has 13 heteroatoms. The van der Waals surface area contributed by atoms with Crippen LogP contribution in [0.15, 0.2) is 72.8 Å². The van der Waals surface area contributed by atoms with Crippen LogP contribution in [-0.2, 0) is 39.7 Å². The van der Waals surface area contributed by atoms with Crippen LogP contribution >= 0.6 is 35.6 Å². The standard InChI is InChI=1S/C40H53Cl2N3O7.ClH/c1-44(40(47)39(32-8-12-35(41)13-9-32)33-10-14-36(42)15-11-33)37(30-45-17-3-4-18-45)34-7-5-6-31(28-34)29-38(46)43-16-19-49-22-23-51-26-27-52-25-24-50-21-20-48-2;/h5-15,28,37,39H,3-4,16-27,29-30H2,1-2H3,(H,43,46);1H/t37-;/m1./s1. The molecule has 4 rings (SSSR count). The maximum atomic E-state index is 14.5. The Morgan fingerprint density at radius 3 is 1.77 bits per heavy atom. The molecule has 292 valence electrons. The summed E-state index contributed by atoms with van der Waals surface area (Å²) in [6.45, 7) is 7.49. The molecule has 0 unspecified atom stereocenters. The van der Waals surface area contributed by atoms with Crippen molar-refractivity contribution in [3.8, 4) is 0 Å². The van der Waals surface area contributed by atoms with Crippen molar-refractivity contribution in [2.24, 2.45) is 0 Å². The van der Waals surface area contributed by atoms with E-state index in [-0.39, 0.29) is 36.7 Å². The summed E-state index contributed by atoms with van der Waals surface area (Å²) in [7, 11) is 3.52. The van der Waals surface area contributed by atoms with E-state index in [1.54, 1.807) is 7.11 Å². The van der Waals surface area contributed by atoms with E-state index in [1.165, 1.54) is 0 Å². The van der Waals surface area contributed by atoms with Gasteiger partial charge < -0.3 is 38.8 Å². The predicted octanol–water partition coefficient (Wildman–Crippen LogP) is 6.21. The van der Waals surface area contributed by atoms with Crippen molar-refractivity contribution in [1.82, 2.24) is 15.1 Å². The zero-order valence-corrected chi connectivity index (χ0v) is 33.1. The number of hydrogen-bond donors (Lipinski definition) is 1. The van der Waals surface area contributed by atoms with Gasteiger partial charge in [0.25, 0.3) is 0 Å². The van der Waals surface area contributed by atoms with Crippen LogP contribution in [0.2, 0.25) is 10.0 Å². The fraction of sp³-hybridized carbons (Fsp3) is 0.500. The second-order valence-corrected chi connectivity index (χ2v) is 13.6. The first-order valence-electron chi connectivity index (χ1n) is 18.0. The van der Waals surface area contributed by atoms with Crippen molar-refractivity contribution in [2.75, 3.05) is 99.8 Å². The molecule has 0 spiro atoms. The zero-order valence-electron chi connectivity index (χ0n) is 30.8. The molecule has 1 heterocycles. The number of methoxy groups -OCH3 is 1. The molecular weight excluding hydrogens is 741 g/mol. The Morgan fingerprint density at radius 1 is 0.736 bits per heavy atom. The van der Waals surface area contributed by atoms with Gasteiger partial charge in [-0.3, -0.25) is 9.59 Å². The fourth-order valence-corrected chi connectivity index (χ4v) is 6.38. The molecule has 1 N–H and O–H groups in total. The summed E-state index contributed by atoms with van der Waals surface area (Å²) in [5.74, 6) is -0.666. The third-order valence-electron chi connectivity index (χ3n) is 8.92. The molecule has 1 fully saturated rings. The minimum atomic E-state index is -0.542. The summed E-state index contributed by atoms with van der Waals surface area (Å²) in [5, 5.41) is 4.17. The monoisotopic (exact) mass is 793 g/mol. The lowest BCUT2D eigenvalue weighted by molar-refractivity contribution is -0.133. The number of likely N-dealkylation sites (tertiary alicyclic amines) is 1. The van der Waals surface area contributed by atoms with E-state index in [9.17, 15) is 9.59 Å². The van der Waals surface area contributed by atoms with Gasteiger partial charge in [-0.25, -0.2) is 0 Å². The molecule has 0 saturated carbocycles. The van der Waals surface area contributed by atoms with E-state index in [0.717, 1.165) is 48.2 Å². The van der Waals surface area contributed by atoms with E-state index >= 15 is 0 Å². The third kappa shape index (κ3) is 15.9. The molecule has 1 aliphatic heterocycles. The largest absolute Gasteiger partial charge is 0.382 e. The van der Waals surface area contributed by atoms with E-state index in [0.29, 0.717) is 82.6 Å². The lowest BCUT2D eigenvalue weighted by atomic mass is 9.89. The highest BCUT2D eigenvalue weighted by Gasteiger charge is 2.32. The minimum absolute atomic E-state index is 0. The molecule has 3 aromatic rings. The Bertz CT molecular complexity index is 1430. The summed E-state index contributed by atoms with van der Waals surface area (Å²) in [5.41, 5.74) is 3.58. The first-order chi connectivity index (χ1) is 25.4. The average molecular weight is 795 g/mol.